The first-order valence-electron chi connectivity index (χ1n) is 4.06. The molecular weight excluding hydrogens is 162 g/mol. The molecule has 0 aliphatic carbocycles. The van der Waals surface area contributed by atoms with E-state index < -0.39 is 10.6 Å². The predicted octanol–water partition coefficient (Wildman–Crippen LogP) is 1.51. The van der Waals surface area contributed by atoms with Crippen molar-refractivity contribution in [1.82, 2.24) is 5.32 Å². The second-order valence-electron chi connectivity index (χ2n) is 3.10. The van der Waals surface area contributed by atoms with Crippen molar-refractivity contribution in [3.63, 3.8) is 0 Å². The monoisotopic (exact) mass is 179 g/mol. The van der Waals surface area contributed by atoms with Gasteiger partial charge in [-0.1, -0.05) is 0 Å². The van der Waals surface area contributed by atoms with Crippen LogP contribution in [0.5, 0.6) is 0 Å². The standard InChI is InChI=1S/C7H17NO2S/c1-8-6-7-4-2-3-5-11(7,9)10/h7-10H,2-6H2,1H3. The van der Waals surface area contributed by atoms with Crippen LogP contribution >= 0.6 is 10.6 Å². The van der Waals surface area contributed by atoms with Gasteiger partial charge in [0.1, 0.15) is 0 Å². The zero-order chi connectivity index (χ0) is 8.32. The van der Waals surface area contributed by atoms with E-state index in [2.05, 4.69) is 5.32 Å². The molecule has 1 aliphatic rings. The molecule has 11 heavy (non-hydrogen) atoms. The third-order valence-electron chi connectivity index (χ3n) is 2.19. The van der Waals surface area contributed by atoms with E-state index in [1.165, 1.54) is 0 Å². The van der Waals surface area contributed by atoms with Gasteiger partial charge in [-0.15, -0.1) is 0 Å². The van der Waals surface area contributed by atoms with Gasteiger partial charge in [0.05, 0.1) is 5.25 Å². The maximum atomic E-state index is 9.56. The molecule has 1 fully saturated rings. The van der Waals surface area contributed by atoms with Crippen molar-refractivity contribution in [2.75, 3.05) is 19.3 Å². The van der Waals surface area contributed by atoms with Crippen molar-refractivity contribution < 1.29 is 9.11 Å². The van der Waals surface area contributed by atoms with Crippen molar-refractivity contribution in [3.05, 3.63) is 0 Å². The van der Waals surface area contributed by atoms with E-state index in [-0.39, 0.29) is 5.25 Å². The van der Waals surface area contributed by atoms with Gasteiger partial charge in [0, 0.05) is 12.3 Å². The molecule has 1 rings (SSSR count). The van der Waals surface area contributed by atoms with E-state index in [0.717, 1.165) is 25.8 Å². The Balaban J connectivity index is 2.45. The maximum absolute atomic E-state index is 9.56. The molecule has 0 aromatic carbocycles. The van der Waals surface area contributed by atoms with Crippen LogP contribution in [0.3, 0.4) is 0 Å². The summed E-state index contributed by atoms with van der Waals surface area (Å²) in [7, 11) is -0.397. The van der Waals surface area contributed by atoms with Crippen LogP contribution in [0.1, 0.15) is 19.3 Å². The van der Waals surface area contributed by atoms with Gasteiger partial charge in [-0.3, -0.25) is 9.11 Å². The highest BCUT2D eigenvalue weighted by atomic mass is 32.3. The fraction of sp³-hybridized carbons (Fsp3) is 1.00. The van der Waals surface area contributed by atoms with Crippen molar-refractivity contribution in [2.45, 2.75) is 24.5 Å². The van der Waals surface area contributed by atoms with E-state index >= 15 is 0 Å². The molecule has 0 aromatic rings. The molecule has 0 saturated carbocycles. The van der Waals surface area contributed by atoms with Gasteiger partial charge in [0.15, 0.2) is 0 Å². The van der Waals surface area contributed by atoms with E-state index in [9.17, 15) is 9.11 Å². The van der Waals surface area contributed by atoms with Crippen LogP contribution in [0.25, 0.3) is 0 Å². The fourth-order valence-corrected chi connectivity index (χ4v) is 3.45. The van der Waals surface area contributed by atoms with Gasteiger partial charge in [-0.05, 0) is 26.3 Å². The smallest absolute Gasteiger partial charge is 0.0609 e. The summed E-state index contributed by atoms with van der Waals surface area (Å²) in [5.41, 5.74) is 0. The lowest BCUT2D eigenvalue weighted by molar-refractivity contribution is 0.437. The van der Waals surface area contributed by atoms with Crippen LogP contribution in [0.15, 0.2) is 0 Å². The Kier molecular flexibility index (Phi) is 3.18. The lowest BCUT2D eigenvalue weighted by atomic mass is 10.2. The minimum atomic E-state index is -2.25. The Bertz CT molecular complexity index is 128. The summed E-state index contributed by atoms with van der Waals surface area (Å²) in [6.07, 6.45) is 3.08. The SMILES string of the molecule is CNCC1CCCCS1(O)O. The first-order chi connectivity index (χ1) is 5.17. The number of hydrogen-bond donors (Lipinski definition) is 3. The Morgan fingerprint density at radius 2 is 2.18 bits per heavy atom. The molecule has 0 bridgehead atoms. The highest BCUT2D eigenvalue weighted by Crippen LogP contribution is 2.49. The van der Waals surface area contributed by atoms with Crippen molar-refractivity contribution >= 4 is 10.6 Å². The van der Waals surface area contributed by atoms with Crippen molar-refractivity contribution in [2.24, 2.45) is 0 Å². The van der Waals surface area contributed by atoms with E-state index in [1.54, 1.807) is 0 Å². The van der Waals surface area contributed by atoms with Crippen LogP contribution in [0, 0.1) is 0 Å². The molecule has 0 amide bonds. The molecule has 4 heteroatoms. The van der Waals surface area contributed by atoms with Crippen LogP contribution in [0.4, 0.5) is 0 Å². The quantitative estimate of drug-likeness (QED) is 0.602. The van der Waals surface area contributed by atoms with Gasteiger partial charge in [-0.2, -0.15) is 10.6 Å². The van der Waals surface area contributed by atoms with E-state index in [0.29, 0.717) is 5.75 Å². The van der Waals surface area contributed by atoms with Crippen LogP contribution in [-0.4, -0.2) is 33.7 Å². The van der Waals surface area contributed by atoms with Crippen molar-refractivity contribution in [1.29, 1.82) is 0 Å². The highest BCUT2D eigenvalue weighted by Gasteiger charge is 2.27. The van der Waals surface area contributed by atoms with Crippen molar-refractivity contribution in [3.8, 4) is 0 Å². The number of hydrogen-bond acceptors (Lipinski definition) is 3. The molecule has 1 aliphatic heterocycles. The molecule has 68 valence electrons. The summed E-state index contributed by atoms with van der Waals surface area (Å²) in [6, 6.07) is 0. The largest absolute Gasteiger partial charge is 0.318 e. The molecule has 3 nitrogen and oxygen atoms in total. The second kappa shape index (κ2) is 3.76. The Hall–Kier alpha value is 0.230. The molecule has 1 heterocycles. The van der Waals surface area contributed by atoms with Crippen LogP contribution in [0.2, 0.25) is 0 Å². The lowest BCUT2D eigenvalue weighted by Gasteiger charge is -2.43. The van der Waals surface area contributed by atoms with Crippen LogP contribution < -0.4 is 5.32 Å². The summed E-state index contributed by atoms with van der Waals surface area (Å²) < 4.78 is 19.1. The predicted molar refractivity (Wildman–Crippen MR) is 49.3 cm³/mol. The van der Waals surface area contributed by atoms with Gasteiger partial charge in [0.25, 0.3) is 0 Å². The number of rotatable bonds is 2. The van der Waals surface area contributed by atoms with E-state index in [4.69, 9.17) is 0 Å². The fourth-order valence-electron chi connectivity index (χ4n) is 1.51. The van der Waals surface area contributed by atoms with Gasteiger partial charge < -0.3 is 5.32 Å². The van der Waals surface area contributed by atoms with E-state index in [1.807, 2.05) is 7.05 Å². The molecular formula is C7H17NO2S. The lowest BCUT2D eigenvalue weighted by Crippen LogP contribution is -2.33. The second-order valence-corrected chi connectivity index (χ2v) is 5.61. The first-order valence-corrected chi connectivity index (χ1v) is 5.84. The first kappa shape index (κ1) is 9.32. The zero-order valence-electron chi connectivity index (χ0n) is 6.92. The molecule has 0 spiro atoms. The molecule has 0 radical (unpaired) electrons. The Morgan fingerprint density at radius 1 is 1.45 bits per heavy atom. The number of nitrogens with one attached hydrogen (secondary N) is 1. The average Bonchev–Trinajstić information content (AvgIpc) is 1.94. The zero-order valence-corrected chi connectivity index (χ0v) is 7.73. The average molecular weight is 179 g/mol. The topological polar surface area (TPSA) is 52.5 Å². The Labute approximate surface area is 69.5 Å². The van der Waals surface area contributed by atoms with Gasteiger partial charge >= 0.3 is 0 Å². The summed E-state index contributed by atoms with van der Waals surface area (Å²) in [5.74, 6) is 0.610. The molecule has 3 N–H and O–H groups in total. The summed E-state index contributed by atoms with van der Waals surface area (Å²) >= 11 is 0. The van der Waals surface area contributed by atoms with Gasteiger partial charge in [0.2, 0.25) is 0 Å². The van der Waals surface area contributed by atoms with Crippen LogP contribution in [-0.2, 0) is 0 Å². The third-order valence-corrected chi connectivity index (χ3v) is 4.55. The minimum Gasteiger partial charge on any atom is -0.318 e. The molecule has 1 unspecified atom stereocenters. The maximum Gasteiger partial charge on any atom is 0.0609 e. The summed E-state index contributed by atoms with van der Waals surface area (Å²) in [5, 5.41) is 3.09. The molecule has 1 atom stereocenters. The minimum absolute atomic E-state index is 0.0984. The molecule has 1 saturated heterocycles. The molecule has 0 aromatic heterocycles. The summed E-state index contributed by atoms with van der Waals surface area (Å²) in [6.45, 7) is 0.738. The highest BCUT2D eigenvalue weighted by molar-refractivity contribution is 8.24. The van der Waals surface area contributed by atoms with Gasteiger partial charge in [-0.25, -0.2) is 0 Å². The summed E-state index contributed by atoms with van der Waals surface area (Å²) in [4.78, 5) is 0. The normalized spacial score (nSPS) is 33.2. The third kappa shape index (κ3) is 2.33. The Morgan fingerprint density at radius 3 is 2.73 bits per heavy atom.